The van der Waals surface area contributed by atoms with Gasteiger partial charge in [-0.25, -0.2) is 22.0 Å². The summed E-state index contributed by atoms with van der Waals surface area (Å²) in [5.41, 5.74) is 0.150. The lowest BCUT2D eigenvalue weighted by atomic mass is 10.2. The van der Waals surface area contributed by atoms with E-state index < -0.39 is 32.5 Å². The monoisotopic (exact) mass is 359 g/mol. The molecule has 0 aliphatic heterocycles. The molecule has 0 aliphatic rings. The van der Waals surface area contributed by atoms with E-state index in [1.54, 1.807) is 6.26 Å². The van der Waals surface area contributed by atoms with Gasteiger partial charge in [0, 0.05) is 4.90 Å². The molecule has 0 amide bonds. The van der Waals surface area contributed by atoms with Crippen molar-refractivity contribution in [3.05, 3.63) is 53.6 Å². The van der Waals surface area contributed by atoms with Crippen LogP contribution in [0, 0.1) is 11.6 Å². The van der Waals surface area contributed by atoms with Crippen LogP contribution in [-0.4, -0.2) is 25.7 Å². The summed E-state index contributed by atoms with van der Waals surface area (Å²) in [6.45, 7) is 0. The molecule has 0 aliphatic carbocycles. The molecule has 0 unspecified atom stereocenters. The van der Waals surface area contributed by atoms with Gasteiger partial charge in [0.05, 0.1) is 16.1 Å². The third-order valence-electron chi connectivity index (χ3n) is 2.89. The number of hydrogen-bond acceptors (Lipinski definition) is 4. The second-order valence-corrected chi connectivity index (χ2v) is 6.93. The summed E-state index contributed by atoms with van der Waals surface area (Å²) in [4.78, 5) is 10.9. The first kappa shape index (κ1) is 17.2. The fraction of sp³-hybridized carbons (Fsp3) is 0.0714. The zero-order valence-corrected chi connectivity index (χ0v) is 13.3. The summed E-state index contributed by atoms with van der Waals surface area (Å²) in [6.07, 6.45) is 1.65. The fourth-order valence-electron chi connectivity index (χ4n) is 1.76. The second-order valence-electron chi connectivity index (χ2n) is 4.40. The van der Waals surface area contributed by atoms with Crippen LogP contribution in [0.3, 0.4) is 0 Å². The molecule has 0 saturated carbocycles. The first-order valence-corrected chi connectivity index (χ1v) is 8.84. The summed E-state index contributed by atoms with van der Waals surface area (Å²) in [6, 6.07) is 6.08. The summed E-state index contributed by atoms with van der Waals surface area (Å²) in [5.74, 6) is -3.57. The molecular weight excluding hydrogens is 348 g/mol. The van der Waals surface area contributed by atoms with Crippen molar-refractivity contribution in [2.24, 2.45) is 0 Å². The summed E-state index contributed by atoms with van der Waals surface area (Å²) < 4.78 is 52.8. The normalized spacial score (nSPS) is 11.3. The fourth-order valence-corrected chi connectivity index (χ4v) is 3.50. The van der Waals surface area contributed by atoms with Gasteiger partial charge in [0.15, 0.2) is 11.6 Å². The van der Waals surface area contributed by atoms with Crippen LogP contribution in [-0.2, 0) is 10.0 Å². The third-order valence-corrected chi connectivity index (χ3v) is 5.03. The Morgan fingerprint density at radius 1 is 1.13 bits per heavy atom. The van der Waals surface area contributed by atoms with Crippen LogP contribution < -0.4 is 4.72 Å². The Labute approximate surface area is 135 Å². The van der Waals surface area contributed by atoms with Gasteiger partial charge in [0.2, 0.25) is 0 Å². The molecule has 5 nitrogen and oxygen atoms in total. The molecule has 0 heterocycles. The zero-order chi connectivity index (χ0) is 17.2. The number of nitrogens with one attached hydrogen (secondary N) is 1. The van der Waals surface area contributed by atoms with E-state index >= 15 is 0 Å². The van der Waals surface area contributed by atoms with Gasteiger partial charge in [-0.2, -0.15) is 0 Å². The summed E-state index contributed by atoms with van der Waals surface area (Å²) in [5, 5.41) is 8.94. The smallest absolute Gasteiger partial charge is 0.335 e. The van der Waals surface area contributed by atoms with Gasteiger partial charge in [0.1, 0.15) is 0 Å². The first-order chi connectivity index (χ1) is 10.7. The van der Waals surface area contributed by atoms with Crippen LogP contribution in [0.5, 0.6) is 0 Å². The molecule has 0 fully saturated rings. The Morgan fingerprint density at radius 3 is 2.39 bits per heavy atom. The highest BCUT2D eigenvalue weighted by molar-refractivity contribution is 7.99. The molecule has 0 radical (unpaired) electrons. The van der Waals surface area contributed by atoms with Crippen LogP contribution in [0.2, 0.25) is 0 Å². The summed E-state index contributed by atoms with van der Waals surface area (Å²) in [7, 11) is -4.14. The van der Waals surface area contributed by atoms with Crippen molar-refractivity contribution in [3.8, 4) is 0 Å². The predicted molar refractivity (Wildman–Crippen MR) is 82.3 cm³/mol. The van der Waals surface area contributed by atoms with Gasteiger partial charge in [-0.15, -0.1) is 11.8 Å². The van der Waals surface area contributed by atoms with E-state index in [0.717, 1.165) is 17.8 Å². The van der Waals surface area contributed by atoms with E-state index in [-0.39, 0.29) is 11.3 Å². The van der Waals surface area contributed by atoms with Gasteiger partial charge in [-0.3, -0.25) is 4.72 Å². The average Bonchev–Trinajstić information content (AvgIpc) is 2.49. The molecule has 2 aromatic carbocycles. The SMILES string of the molecule is CSc1cc(C(=O)O)ccc1NS(=O)(=O)c1ccc(F)c(F)c1. The van der Waals surface area contributed by atoms with E-state index in [9.17, 15) is 22.0 Å². The van der Waals surface area contributed by atoms with Gasteiger partial charge in [0.25, 0.3) is 10.0 Å². The number of sulfonamides is 1. The quantitative estimate of drug-likeness (QED) is 0.801. The van der Waals surface area contributed by atoms with Crippen molar-refractivity contribution in [2.45, 2.75) is 9.79 Å². The number of carboxylic acid groups (broad SMARTS) is 1. The molecule has 2 N–H and O–H groups in total. The number of carboxylic acids is 1. The molecule has 0 bridgehead atoms. The minimum atomic E-state index is -4.14. The highest BCUT2D eigenvalue weighted by Gasteiger charge is 2.19. The number of anilines is 1. The average molecular weight is 359 g/mol. The number of carbonyl (C=O) groups is 1. The number of thioether (sulfide) groups is 1. The number of aromatic carboxylic acids is 1. The minimum absolute atomic E-state index is 0.00474. The van der Waals surface area contributed by atoms with Gasteiger partial charge in [-0.1, -0.05) is 0 Å². The predicted octanol–water partition coefficient (Wildman–Crippen LogP) is 3.19. The van der Waals surface area contributed by atoms with E-state index in [4.69, 9.17) is 5.11 Å². The largest absolute Gasteiger partial charge is 0.478 e. The van der Waals surface area contributed by atoms with Gasteiger partial charge < -0.3 is 5.11 Å². The van der Waals surface area contributed by atoms with Crippen LogP contribution in [0.1, 0.15) is 10.4 Å². The topological polar surface area (TPSA) is 83.5 Å². The molecule has 9 heteroatoms. The van der Waals surface area contributed by atoms with Gasteiger partial charge >= 0.3 is 5.97 Å². The lowest BCUT2D eigenvalue weighted by Crippen LogP contribution is -2.14. The number of hydrogen-bond donors (Lipinski definition) is 2. The maximum atomic E-state index is 13.2. The van der Waals surface area contributed by atoms with Crippen molar-refractivity contribution in [2.75, 3.05) is 11.0 Å². The Morgan fingerprint density at radius 2 is 1.83 bits per heavy atom. The van der Waals surface area contributed by atoms with Crippen LogP contribution in [0.15, 0.2) is 46.2 Å². The standard InChI is InChI=1S/C14H11F2NO4S2/c1-22-13-6-8(14(18)19)2-5-12(13)17-23(20,21)9-3-4-10(15)11(16)7-9/h2-7,17H,1H3,(H,18,19). The lowest BCUT2D eigenvalue weighted by molar-refractivity contribution is 0.0696. The molecule has 122 valence electrons. The maximum absolute atomic E-state index is 13.2. The van der Waals surface area contributed by atoms with E-state index in [1.807, 2.05) is 0 Å². The molecule has 0 aromatic heterocycles. The molecule has 23 heavy (non-hydrogen) atoms. The highest BCUT2D eigenvalue weighted by Crippen LogP contribution is 2.29. The Hall–Kier alpha value is -2.13. The van der Waals surface area contributed by atoms with E-state index in [0.29, 0.717) is 17.0 Å². The van der Waals surface area contributed by atoms with Crippen molar-refractivity contribution in [1.29, 1.82) is 0 Å². The van der Waals surface area contributed by atoms with Crippen LogP contribution in [0.4, 0.5) is 14.5 Å². The van der Waals surface area contributed by atoms with E-state index in [1.165, 1.54) is 18.2 Å². The molecule has 2 aromatic rings. The Bertz CT molecular complexity index is 869. The number of benzene rings is 2. The van der Waals surface area contributed by atoms with Crippen LogP contribution >= 0.6 is 11.8 Å². The lowest BCUT2D eigenvalue weighted by Gasteiger charge is -2.12. The Kier molecular flexibility index (Phi) is 4.90. The van der Waals surface area contributed by atoms with Crippen molar-refractivity contribution >= 4 is 33.4 Å². The first-order valence-electron chi connectivity index (χ1n) is 6.14. The molecule has 0 atom stereocenters. The van der Waals surface area contributed by atoms with Crippen molar-refractivity contribution < 1.29 is 27.1 Å². The maximum Gasteiger partial charge on any atom is 0.335 e. The minimum Gasteiger partial charge on any atom is -0.478 e. The second kappa shape index (κ2) is 6.55. The number of halogens is 2. The number of rotatable bonds is 5. The zero-order valence-electron chi connectivity index (χ0n) is 11.7. The molecule has 0 saturated heterocycles. The van der Waals surface area contributed by atoms with Crippen molar-refractivity contribution in [1.82, 2.24) is 0 Å². The van der Waals surface area contributed by atoms with Crippen LogP contribution in [0.25, 0.3) is 0 Å². The molecule has 2 rings (SSSR count). The van der Waals surface area contributed by atoms with Gasteiger partial charge in [-0.05, 0) is 42.7 Å². The van der Waals surface area contributed by atoms with E-state index in [2.05, 4.69) is 4.72 Å². The third kappa shape index (κ3) is 3.80. The molecule has 0 spiro atoms. The highest BCUT2D eigenvalue weighted by atomic mass is 32.2. The molecular formula is C14H11F2NO4S2. The van der Waals surface area contributed by atoms with Crippen molar-refractivity contribution in [3.63, 3.8) is 0 Å². The Balaban J connectivity index is 2.40. The summed E-state index contributed by atoms with van der Waals surface area (Å²) >= 11 is 1.14.